The van der Waals surface area contributed by atoms with Gasteiger partial charge < -0.3 is 24.5 Å². The molecule has 2 aliphatic rings. The molecule has 264 valence electrons. The predicted molar refractivity (Wildman–Crippen MR) is 203 cm³/mol. The molecule has 0 saturated heterocycles. The van der Waals surface area contributed by atoms with Gasteiger partial charge in [0.2, 0.25) is 0 Å². The van der Waals surface area contributed by atoms with Gasteiger partial charge in [0.05, 0.1) is 51.7 Å². The Balaban J connectivity index is 0.00000151. The minimum Gasteiger partial charge on any atom is -0.445 e. The van der Waals surface area contributed by atoms with Crippen molar-refractivity contribution in [2.45, 2.75) is 85.9 Å². The molecular formula is C35H54N4O6P3+. The second-order valence-corrected chi connectivity index (χ2v) is 19.7. The molecular weight excluding hydrogens is 665 g/mol. The minimum atomic E-state index is -1.60. The number of Topliss-reactive ketones (excluding diaryl/α,β-unsaturated/α-hetero) is 1. The third kappa shape index (κ3) is 8.18. The van der Waals surface area contributed by atoms with Gasteiger partial charge >= 0.3 is 5.97 Å². The average molecular weight is 720 g/mol. The first-order valence-electron chi connectivity index (χ1n) is 16.9. The largest absolute Gasteiger partial charge is 0.445 e. The fourth-order valence-electron chi connectivity index (χ4n) is 6.35. The fourth-order valence-corrected chi connectivity index (χ4v) is 12.2. The molecule has 0 fully saturated rings. The number of fused-ring (bicyclic) bond motifs is 5. The summed E-state index contributed by atoms with van der Waals surface area (Å²) in [6, 6.07) is 7.81. The van der Waals surface area contributed by atoms with Crippen LogP contribution in [0.5, 0.6) is 5.75 Å². The second kappa shape index (κ2) is 17.1. The molecule has 0 amide bonds. The third-order valence-corrected chi connectivity index (χ3v) is 14.1. The van der Waals surface area contributed by atoms with Crippen molar-refractivity contribution in [3.05, 3.63) is 56.9 Å². The number of aromatic nitrogens is 2. The average Bonchev–Trinajstić information content (AvgIpc) is 3.41. The molecule has 0 spiro atoms. The number of pyridine rings is 2. The van der Waals surface area contributed by atoms with Crippen molar-refractivity contribution in [2.24, 2.45) is 5.73 Å². The summed E-state index contributed by atoms with van der Waals surface area (Å²) in [5.41, 5.74) is 8.76. The zero-order valence-corrected chi connectivity index (χ0v) is 33.3. The van der Waals surface area contributed by atoms with Crippen LogP contribution in [0.3, 0.4) is 0 Å². The van der Waals surface area contributed by atoms with Crippen LogP contribution in [0.1, 0.15) is 83.1 Å². The summed E-state index contributed by atoms with van der Waals surface area (Å²) >= 11 is 0. The topological polar surface area (TPSA) is 126 Å². The van der Waals surface area contributed by atoms with Crippen molar-refractivity contribution in [3.63, 3.8) is 0 Å². The number of nitrogens with zero attached hydrogens (tertiary/aromatic N) is 3. The van der Waals surface area contributed by atoms with Gasteiger partial charge in [0.1, 0.15) is 5.75 Å². The first kappa shape index (κ1) is 40.1. The fraction of sp³-hybridized carbons (Fsp3) is 0.543. The molecule has 3 heterocycles. The Morgan fingerprint density at radius 1 is 1.15 bits per heavy atom. The summed E-state index contributed by atoms with van der Waals surface area (Å²) in [5.74, 6) is -0.137. The van der Waals surface area contributed by atoms with Crippen LogP contribution in [0.15, 0.2) is 29.1 Å². The quantitative estimate of drug-likeness (QED) is 0.126. The highest BCUT2D eigenvalue weighted by Crippen LogP contribution is 2.71. The molecule has 0 saturated carbocycles. The lowest BCUT2D eigenvalue weighted by atomic mass is 9.76. The maximum atomic E-state index is 13.9. The van der Waals surface area contributed by atoms with Crippen molar-refractivity contribution < 1.29 is 23.2 Å². The summed E-state index contributed by atoms with van der Waals surface area (Å²) in [6.45, 7) is 16.7. The summed E-state index contributed by atoms with van der Waals surface area (Å²) in [4.78, 5) is 46.7. The van der Waals surface area contributed by atoms with Crippen molar-refractivity contribution in [2.75, 3.05) is 40.1 Å². The number of carbonyl (C=O) groups excluding carboxylic acids is 2. The van der Waals surface area contributed by atoms with E-state index in [1.54, 1.807) is 11.5 Å². The molecule has 1 aliphatic carbocycles. The van der Waals surface area contributed by atoms with Gasteiger partial charge in [-0.3, -0.25) is 14.4 Å². The highest BCUT2D eigenvalue weighted by molar-refractivity contribution is 8.22. The minimum absolute atomic E-state index is 0.124. The van der Waals surface area contributed by atoms with Gasteiger partial charge in [0, 0.05) is 47.3 Å². The van der Waals surface area contributed by atoms with Gasteiger partial charge in [0.15, 0.2) is 18.6 Å². The van der Waals surface area contributed by atoms with Gasteiger partial charge in [0.25, 0.3) is 13.9 Å². The van der Waals surface area contributed by atoms with Gasteiger partial charge in [-0.1, -0.05) is 41.5 Å². The van der Waals surface area contributed by atoms with Crippen LogP contribution in [0.2, 0.25) is 0 Å². The summed E-state index contributed by atoms with van der Waals surface area (Å²) in [5, 5.41) is 0.955. The maximum absolute atomic E-state index is 13.9. The van der Waals surface area contributed by atoms with Crippen LogP contribution in [0.25, 0.3) is 22.3 Å². The van der Waals surface area contributed by atoms with Crippen molar-refractivity contribution in [1.82, 2.24) is 14.5 Å². The van der Waals surface area contributed by atoms with Crippen LogP contribution in [0.4, 0.5) is 0 Å². The highest BCUT2D eigenvalue weighted by Gasteiger charge is 2.48. The number of carbonyl (C=O) groups is 2. The van der Waals surface area contributed by atoms with Gasteiger partial charge in [-0.05, 0) is 57.6 Å². The van der Waals surface area contributed by atoms with Gasteiger partial charge in [-0.25, -0.2) is 4.98 Å². The zero-order chi connectivity index (χ0) is 36.0. The molecule has 0 bridgehead atoms. The number of rotatable bonds is 11. The number of esters is 1. The Morgan fingerprint density at radius 2 is 1.83 bits per heavy atom. The Labute approximate surface area is 289 Å². The van der Waals surface area contributed by atoms with E-state index < -0.39 is 27.1 Å². The molecule has 48 heavy (non-hydrogen) atoms. The van der Waals surface area contributed by atoms with E-state index in [1.807, 2.05) is 66.7 Å². The number of hydrogen-bond acceptors (Lipinski definition) is 9. The number of benzene rings is 1. The SMILES string of the molecule is CC.CC.CCC[P+](C)(P)OP(C)Oc1ccc2nc3c(cc2c1CN(C)C)Cn1c-3cc2c(c1=O)CCC(=O)C2(CC)OC(=O)CN. The molecule has 4 atom stereocenters. The van der Waals surface area contributed by atoms with Crippen LogP contribution in [-0.2, 0) is 43.7 Å². The highest BCUT2D eigenvalue weighted by atomic mass is 32.1. The first-order chi connectivity index (χ1) is 22.8. The van der Waals surface area contributed by atoms with E-state index in [2.05, 4.69) is 33.5 Å². The van der Waals surface area contributed by atoms with E-state index in [0.29, 0.717) is 42.0 Å². The van der Waals surface area contributed by atoms with Crippen LogP contribution in [0, 0.1) is 0 Å². The van der Waals surface area contributed by atoms with Crippen LogP contribution < -0.4 is 15.8 Å². The molecule has 1 aliphatic heterocycles. The molecule has 0 radical (unpaired) electrons. The molecule has 1 aromatic carbocycles. The number of nitrogens with two attached hydrogens (primary N) is 1. The normalized spacial score (nSPS) is 18.0. The van der Waals surface area contributed by atoms with Gasteiger partial charge in [-0.2, -0.15) is 4.31 Å². The summed E-state index contributed by atoms with van der Waals surface area (Å²) in [6.07, 6.45) is 2.70. The molecule has 2 aromatic heterocycles. The number of ketones is 1. The molecule has 4 unspecified atom stereocenters. The third-order valence-electron chi connectivity index (χ3n) is 8.23. The van der Waals surface area contributed by atoms with Crippen molar-refractivity contribution in [3.8, 4) is 17.1 Å². The first-order valence-corrected chi connectivity index (χ1v) is 22.5. The monoisotopic (exact) mass is 719 g/mol. The molecule has 2 N–H and O–H groups in total. The number of ether oxygens (including phenoxy) is 1. The molecule has 13 heteroatoms. The van der Waals surface area contributed by atoms with E-state index in [0.717, 1.165) is 40.4 Å². The lowest BCUT2D eigenvalue weighted by Crippen LogP contribution is -2.47. The standard InChI is InChI=1S/C31H42N4O6P3.2C2H6/c1-7-13-44(6,42)41-43(5)40-26-11-10-24-21(22(26)18-34(3)4)14-19-17-35-25(29(19)33-24)15-23-20(30(35)38)9-12-27(36)31(23,8-2)39-28(37)16-32;2*1-2/h10-11,14-15H,7-9,12-13,16-18,32,42H2,1-6H3;2*1-2H3/q+1;;. The van der Waals surface area contributed by atoms with E-state index in [1.165, 1.54) is 0 Å². The smallest absolute Gasteiger partial charge is 0.321 e. The van der Waals surface area contributed by atoms with Crippen molar-refractivity contribution >= 4 is 47.1 Å². The number of hydrogen-bond donors (Lipinski definition) is 1. The Hall–Kier alpha value is -2.31. The maximum Gasteiger partial charge on any atom is 0.321 e. The predicted octanol–water partition coefficient (Wildman–Crippen LogP) is 7.26. The summed E-state index contributed by atoms with van der Waals surface area (Å²) < 4.78 is 20.3. The van der Waals surface area contributed by atoms with Crippen LogP contribution in [-0.4, -0.2) is 66.3 Å². The molecule has 3 aromatic rings. The van der Waals surface area contributed by atoms with E-state index in [-0.39, 0.29) is 30.7 Å². The van der Waals surface area contributed by atoms with E-state index in [4.69, 9.17) is 24.3 Å². The Kier molecular flexibility index (Phi) is 14.3. The zero-order valence-electron chi connectivity index (χ0n) is 30.3. The second-order valence-electron chi connectivity index (χ2n) is 11.9. The van der Waals surface area contributed by atoms with Crippen LogP contribution >= 0.6 is 24.5 Å². The molecule has 10 nitrogen and oxygen atoms in total. The van der Waals surface area contributed by atoms with Crippen molar-refractivity contribution in [1.29, 1.82) is 0 Å². The lowest BCUT2D eigenvalue weighted by molar-refractivity contribution is -0.169. The lowest BCUT2D eigenvalue weighted by Gasteiger charge is -2.36. The Morgan fingerprint density at radius 3 is 2.44 bits per heavy atom. The van der Waals surface area contributed by atoms with E-state index in [9.17, 15) is 14.4 Å². The molecule has 5 rings (SSSR count). The van der Waals surface area contributed by atoms with E-state index >= 15 is 0 Å². The Bertz CT molecular complexity index is 1690. The summed E-state index contributed by atoms with van der Waals surface area (Å²) in [7, 11) is 4.18. The van der Waals surface area contributed by atoms with Gasteiger partial charge in [-0.15, -0.1) is 0 Å².